The molecular formula is C15H20N2S. The van der Waals surface area contributed by atoms with Gasteiger partial charge < -0.3 is 5.73 Å². The van der Waals surface area contributed by atoms with Gasteiger partial charge in [-0.3, -0.25) is 4.98 Å². The standard InChI is InChI=1S/C15H20N2S/c1-3-11(2)18-10-14(16)13-7-6-12-5-4-8-17-15(12)9-13/h4-9,11,14H,3,10,16H2,1-2H3. The van der Waals surface area contributed by atoms with Gasteiger partial charge in [-0.2, -0.15) is 11.8 Å². The molecule has 2 aromatic rings. The minimum atomic E-state index is 0.0930. The zero-order chi connectivity index (χ0) is 13.0. The highest BCUT2D eigenvalue weighted by Crippen LogP contribution is 2.23. The Morgan fingerprint density at radius 1 is 1.33 bits per heavy atom. The van der Waals surface area contributed by atoms with Crippen LogP contribution in [0.4, 0.5) is 0 Å². The highest BCUT2D eigenvalue weighted by molar-refractivity contribution is 7.99. The van der Waals surface area contributed by atoms with Gasteiger partial charge in [0.25, 0.3) is 0 Å². The van der Waals surface area contributed by atoms with Crippen LogP contribution in [0.5, 0.6) is 0 Å². The first kappa shape index (κ1) is 13.4. The molecule has 3 heteroatoms. The van der Waals surface area contributed by atoms with Crippen molar-refractivity contribution in [3.05, 3.63) is 42.1 Å². The minimum Gasteiger partial charge on any atom is -0.323 e. The molecule has 2 atom stereocenters. The van der Waals surface area contributed by atoms with Crippen molar-refractivity contribution in [2.24, 2.45) is 5.73 Å². The molecule has 1 aromatic heterocycles. The summed E-state index contributed by atoms with van der Waals surface area (Å²) in [5.74, 6) is 0.966. The van der Waals surface area contributed by atoms with E-state index in [-0.39, 0.29) is 6.04 Å². The van der Waals surface area contributed by atoms with Crippen LogP contribution in [0, 0.1) is 0 Å². The second-order valence-corrected chi connectivity index (χ2v) is 6.09. The van der Waals surface area contributed by atoms with Gasteiger partial charge in [-0.05, 0) is 24.1 Å². The lowest BCUT2D eigenvalue weighted by Crippen LogP contribution is -2.14. The van der Waals surface area contributed by atoms with Crippen LogP contribution in [0.3, 0.4) is 0 Å². The van der Waals surface area contributed by atoms with E-state index in [0.717, 1.165) is 11.3 Å². The maximum absolute atomic E-state index is 6.24. The van der Waals surface area contributed by atoms with E-state index in [0.29, 0.717) is 5.25 Å². The monoisotopic (exact) mass is 260 g/mol. The smallest absolute Gasteiger partial charge is 0.0705 e. The van der Waals surface area contributed by atoms with Crippen LogP contribution in [-0.2, 0) is 0 Å². The highest BCUT2D eigenvalue weighted by Gasteiger charge is 2.09. The molecule has 1 aromatic carbocycles. The van der Waals surface area contributed by atoms with Gasteiger partial charge in [0.05, 0.1) is 5.52 Å². The molecule has 0 fully saturated rings. The number of hydrogen-bond acceptors (Lipinski definition) is 3. The highest BCUT2D eigenvalue weighted by atomic mass is 32.2. The second-order valence-electron chi connectivity index (χ2n) is 4.61. The molecule has 0 spiro atoms. The first-order valence-electron chi connectivity index (χ1n) is 6.42. The molecule has 0 aliphatic heterocycles. The molecule has 1 heterocycles. The lowest BCUT2D eigenvalue weighted by molar-refractivity contribution is 0.822. The molecule has 2 nitrogen and oxygen atoms in total. The molecule has 0 saturated heterocycles. The Hall–Kier alpha value is -1.06. The van der Waals surface area contributed by atoms with Gasteiger partial charge in [0.1, 0.15) is 0 Å². The summed E-state index contributed by atoms with van der Waals surface area (Å²) in [6.07, 6.45) is 3.02. The van der Waals surface area contributed by atoms with E-state index in [2.05, 4.69) is 43.1 Å². The van der Waals surface area contributed by atoms with Crippen LogP contribution in [-0.4, -0.2) is 16.0 Å². The van der Waals surface area contributed by atoms with Gasteiger partial charge in [0, 0.05) is 28.6 Å². The molecule has 96 valence electrons. The Morgan fingerprint density at radius 2 is 2.17 bits per heavy atom. The molecule has 0 bridgehead atoms. The van der Waals surface area contributed by atoms with Crippen LogP contribution in [0.2, 0.25) is 0 Å². The lowest BCUT2D eigenvalue weighted by Gasteiger charge is -2.15. The predicted octanol–water partition coefficient (Wildman–Crippen LogP) is 3.77. The van der Waals surface area contributed by atoms with Gasteiger partial charge in [-0.25, -0.2) is 0 Å². The lowest BCUT2D eigenvalue weighted by atomic mass is 10.1. The zero-order valence-electron chi connectivity index (χ0n) is 11.0. The van der Waals surface area contributed by atoms with E-state index in [4.69, 9.17) is 5.73 Å². The number of thioether (sulfide) groups is 1. The summed E-state index contributed by atoms with van der Waals surface area (Å²) in [7, 11) is 0. The SMILES string of the molecule is CCC(C)SCC(N)c1ccc2cccnc2c1. The Morgan fingerprint density at radius 3 is 2.94 bits per heavy atom. The van der Waals surface area contributed by atoms with Crippen molar-refractivity contribution in [2.45, 2.75) is 31.6 Å². The topological polar surface area (TPSA) is 38.9 Å². The Labute approximate surface area is 113 Å². The van der Waals surface area contributed by atoms with Gasteiger partial charge in [-0.1, -0.05) is 32.0 Å². The maximum atomic E-state index is 6.24. The summed E-state index contributed by atoms with van der Waals surface area (Å²) in [4.78, 5) is 4.37. The number of nitrogens with two attached hydrogens (primary N) is 1. The molecule has 0 radical (unpaired) electrons. The third kappa shape index (κ3) is 3.24. The van der Waals surface area contributed by atoms with E-state index in [1.54, 1.807) is 0 Å². The second kappa shape index (κ2) is 6.21. The van der Waals surface area contributed by atoms with Crippen LogP contribution in [0.1, 0.15) is 31.9 Å². The van der Waals surface area contributed by atoms with E-state index >= 15 is 0 Å². The van der Waals surface area contributed by atoms with E-state index in [1.807, 2.05) is 24.0 Å². The van der Waals surface area contributed by atoms with Crippen molar-refractivity contribution < 1.29 is 0 Å². The number of rotatable bonds is 5. The Bertz CT molecular complexity index is 513. The van der Waals surface area contributed by atoms with Gasteiger partial charge in [0.2, 0.25) is 0 Å². The summed E-state index contributed by atoms with van der Waals surface area (Å²) in [6, 6.07) is 10.5. The molecule has 2 rings (SSSR count). The number of fused-ring (bicyclic) bond motifs is 1. The molecule has 18 heavy (non-hydrogen) atoms. The normalized spacial score (nSPS) is 14.6. The number of hydrogen-bond donors (Lipinski definition) is 1. The first-order valence-corrected chi connectivity index (χ1v) is 7.47. The van der Waals surface area contributed by atoms with Crippen LogP contribution in [0.25, 0.3) is 10.9 Å². The van der Waals surface area contributed by atoms with E-state index < -0.39 is 0 Å². The van der Waals surface area contributed by atoms with Gasteiger partial charge >= 0.3 is 0 Å². The third-order valence-electron chi connectivity index (χ3n) is 3.19. The average molecular weight is 260 g/mol. The molecule has 0 amide bonds. The summed E-state index contributed by atoms with van der Waals surface area (Å²) in [6.45, 7) is 4.46. The zero-order valence-corrected chi connectivity index (χ0v) is 11.8. The average Bonchev–Trinajstić information content (AvgIpc) is 2.43. The predicted molar refractivity (Wildman–Crippen MR) is 80.9 cm³/mol. The summed E-state index contributed by atoms with van der Waals surface area (Å²) in [5, 5.41) is 1.85. The number of aromatic nitrogens is 1. The molecule has 2 N–H and O–H groups in total. The fourth-order valence-corrected chi connectivity index (χ4v) is 2.76. The van der Waals surface area contributed by atoms with Crippen molar-refractivity contribution in [1.29, 1.82) is 0 Å². The quantitative estimate of drug-likeness (QED) is 0.889. The van der Waals surface area contributed by atoms with Crippen molar-refractivity contribution >= 4 is 22.7 Å². The number of benzene rings is 1. The van der Waals surface area contributed by atoms with Gasteiger partial charge in [-0.15, -0.1) is 0 Å². The van der Waals surface area contributed by atoms with Crippen LogP contribution >= 0.6 is 11.8 Å². The Balaban J connectivity index is 2.10. The van der Waals surface area contributed by atoms with Crippen LogP contribution in [0.15, 0.2) is 36.5 Å². The maximum Gasteiger partial charge on any atom is 0.0705 e. The number of pyridine rings is 1. The summed E-state index contributed by atoms with van der Waals surface area (Å²) >= 11 is 1.94. The van der Waals surface area contributed by atoms with Crippen molar-refractivity contribution in [2.75, 3.05) is 5.75 Å². The van der Waals surface area contributed by atoms with Crippen molar-refractivity contribution in [3.63, 3.8) is 0 Å². The van der Waals surface area contributed by atoms with Crippen molar-refractivity contribution in [3.8, 4) is 0 Å². The molecular weight excluding hydrogens is 240 g/mol. The fourth-order valence-electron chi connectivity index (χ4n) is 1.80. The third-order valence-corrected chi connectivity index (χ3v) is 4.65. The first-order chi connectivity index (χ1) is 8.70. The van der Waals surface area contributed by atoms with Crippen molar-refractivity contribution in [1.82, 2.24) is 4.98 Å². The molecule has 0 saturated carbocycles. The molecule has 0 aliphatic carbocycles. The number of nitrogens with zero attached hydrogens (tertiary/aromatic N) is 1. The van der Waals surface area contributed by atoms with E-state index in [9.17, 15) is 0 Å². The summed E-state index contributed by atoms with van der Waals surface area (Å²) < 4.78 is 0. The van der Waals surface area contributed by atoms with Gasteiger partial charge in [0.15, 0.2) is 0 Å². The Kier molecular flexibility index (Phi) is 4.61. The van der Waals surface area contributed by atoms with E-state index in [1.165, 1.54) is 17.4 Å². The molecule has 0 aliphatic rings. The minimum absolute atomic E-state index is 0.0930. The fraction of sp³-hybridized carbons (Fsp3) is 0.400. The summed E-state index contributed by atoms with van der Waals surface area (Å²) in [5.41, 5.74) is 8.45. The van der Waals surface area contributed by atoms with Crippen LogP contribution < -0.4 is 5.73 Å². The molecule has 2 unspecified atom stereocenters. The largest absolute Gasteiger partial charge is 0.323 e.